The van der Waals surface area contributed by atoms with Crippen LogP contribution < -0.4 is 0 Å². The number of rotatable bonds is 3. The van der Waals surface area contributed by atoms with Crippen molar-refractivity contribution in [3.05, 3.63) is 63.6 Å². The van der Waals surface area contributed by atoms with Crippen molar-refractivity contribution < 1.29 is 26.4 Å². The third-order valence-corrected chi connectivity index (χ3v) is 6.94. The highest BCUT2D eigenvalue weighted by Gasteiger charge is 2.36. The Kier molecular flexibility index (Phi) is 6.14. The quantitative estimate of drug-likeness (QED) is 0.682. The van der Waals surface area contributed by atoms with Crippen molar-refractivity contribution in [3.8, 4) is 0 Å². The van der Waals surface area contributed by atoms with Crippen LogP contribution in [0.3, 0.4) is 0 Å². The van der Waals surface area contributed by atoms with Crippen LogP contribution in [0.5, 0.6) is 0 Å². The fourth-order valence-electron chi connectivity index (χ4n) is 2.97. The van der Waals surface area contributed by atoms with E-state index >= 15 is 0 Å². The molecule has 156 valence electrons. The predicted octanol–water partition coefficient (Wildman–Crippen LogP) is 4.16. The van der Waals surface area contributed by atoms with E-state index in [1.165, 1.54) is 11.0 Å². The second-order valence-corrected chi connectivity index (χ2v) is 9.13. The van der Waals surface area contributed by atoms with Crippen LogP contribution >= 0.6 is 23.2 Å². The molecule has 0 radical (unpaired) electrons. The van der Waals surface area contributed by atoms with Crippen molar-refractivity contribution in [1.29, 1.82) is 0 Å². The number of alkyl halides is 3. The number of sulfonamides is 1. The maximum atomic E-state index is 13.0. The molecule has 0 aromatic heterocycles. The topological polar surface area (TPSA) is 57.7 Å². The highest BCUT2D eigenvalue weighted by Crippen LogP contribution is 2.36. The van der Waals surface area contributed by atoms with Crippen LogP contribution in [0.1, 0.15) is 15.9 Å². The van der Waals surface area contributed by atoms with Crippen molar-refractivity contribution in [1.82, 2.24) is 9.21 Å². The lowest BCUT2D eigenvalue weighted by atomic mass is 10.2. The SMILES string of the molecule is O=C(c1cccc(Cl)c1)N1CCN(S(=O)(=O)c2ccc(Cl)c(C(F)(F)F)c2)CC1. The highest BCUT2D eigenvalue weighted by atomic mass is 35.5. The molecule has 0 spiro atoms. The third-order valence-electron chi connectivity index (χ3n) is 4.48. The molecule has 0 atom stereocenters. The minimum atomic E-state index is -4.77. The van der Waals surface area contributed by atoms with Crippen LogP contribution in [0.15, 0.2) is 47.4 Å². The van der Waals surface area contributed by atoms with E-state index < -0.39 is 31.7 Å². The van der Waals surface area contributed by atoms with Gasteiger partial charge in [0.1, 0.15) is 0 Å². The minimum Gasteiger partial charge on any atom is -0.336 e. The zero-order valence-corrected chi connectivity index (χ0v) is 17.1. The zero-order valence-electron chi connectivity index (χ0n) is 14.8. The van der Waals surface area contributed by atoms with E-state index in [-0.39, 0.29) is 32.1 Å². The van der Waals surface area contributed by atoms with Gasteiger partial charge in [0, 0.05) is 36.8 Å². The molecule has 1 heterocycles. The van der Waals surface area contributed by atoms with Gasteiger partial charge in [-0.1, -0.05) is 29.3 Å². The van der Waals surface area contributed by atoms with E-state index in [9.17, 15) is 26.4 Å². The first kappa shape index (κ1) is 21.9. The van der Waals surface area contributed by atoms with Gasteiger partial charge in [-0.05, 0) is 36.4 Å². The summed E-state index contributed by atoms with van der Waals surface area (Å²) in [6, 6.07) is 8.86. The standard InChI is InChI=1S/C18H15Cl2F3N2O3S/c19-13-3-1-2-12(10-13)17(26)24-6-8-25(9-7-24)29(27,28)14-4-5-16(20)15(11-14)18(21,22)23/h1-5,10-11H,6-9H2. The monoisotopic (exact) mass is 466 g/mol. The molecule has 1 aliphatic rings. The number of hydrogen-bond donors (Lipinski definition) is 0. The highest BCUT2D eigenvalue weighted by molar-refractivity contribution is 7.89. The van der Waals surface area contributed by atoms with Crippen LogP contribution in [0.25, 0.3) is 0 Å². The molecular formula is C18H15Cl2F3N2O3S. The number of hydrogen-bond acceptors (Lipinski definition) is 3. The van der Waals surface area contributed by atoms with Crippen LogP contribution in [0, 0.1) is 0 Å². The molecule has 0 saturated carbocycles. The smallest absolute Gasteiger partial charge is 0.336 e. The van der Waals surface area contributed by atoms with Crippen molar-refractivity contribution in [2.45, 2.75) is 11.1 Å². The molecule has 3 rings (SSSR count). The number of halogens is 5. The van der Waals surface area contributed by atoms with Crippen molar-refractivity contribution in [3.63, 3.8) is 0 Å². The van der Waals surface area contributed by atoms with Gasteiger partial charge >= 0.3 is 6.18 Å². The molecule has 1 saturated heterocycles. The van der Waals surface area contributed by atoms with E-state index in [4.69, 9.17) is 23.2 Å². The van der Waals surface area contributed by atoms with Crippen molar-refractivity contribution in [2.75, 3.05) is 26.2 Å². The lowest BCUT2D eigenvalue weighted by molar-refractivity contribution is -0.137. The van der Waals surface area contributed by atoms with Gasteiger partial charge < -0.3 is 4.90 Å². The largest absolute Gasteiger partial charge is 0.417 e. The first-order chi connectivity index (χ1) is 13.5. The van der Waals surface area contributed by atoms with Crippen LogP contribution in [0.2, 0.25) is 10.0 Å². The first-order valence-corrected chi connectivity index (χ1v) is 10.6. The molecule has 0 unspecified atom stereocenters. The normalized spacial score (nSPS) is 16.1. The molecule has 0 N–H and O–H groups in total. The maximum absolute atomic E-state index is 13.0. The molecule has 1 fully saturated rings. The molecule has 1 aliphatic heterocycles. The summed E-state index contributed by atoms with van der Waals surface area (Å²) in [7, 11) is -4.17. The van der Waals surface area contributed by atoms with Gasteiger partial charge in [-0.25, -0.2) is 8.42 Å². The lowest BCUT2D eigenvalue weighted by Gasteiger charge is -2.34. The van der Waals surface area contributed by atoms with E-state index in [0.29, 0.717) is 16.7 Å². The Labute approximate surface area is 175 Å². The molecule has 0 aliphatic carbocycles. The van der Waals surface area contributed by atoms with Crippen LogP contribution in [-0.2, 0) is 16.2 Å². The Morgan fingerprint density at radius 2 is 1.62 bits per heavy atom. The minimum absolute atomic E-state index is 0.0430. The summed E-state index contributed by atoms with van der Waals surface area (Å²) in [6.07, 6.45) is -4.77. The van der Waals surface area contributed by atoms with Crippen molar-refractivity contribution in [2.24, 2.45) is 0 Å². The van der Waals surface area contributed by atoms with Crippen LogP contribution in [0.4, 0.5) is 13.2 Å². The van der Waals surface area contributed by atoms with E-state index in [1.807, 2.05) is 0 Å². The average Bonchev–Trinajstić information content (AvgIpc) is 2.67. The Morgan fingerprint density at radius 3 is 2.21 bits per heavy atom. The summed E-state index contributed by atoms with van der Waals surface area (Å²) in [6.45, 7) is 0.117. The number of amides is 1. The second-order valence-electron chi connectivity index (χ2n) is 6.35. The van der Waals surface area contributed by atoms with Gasteiger partial charge in [-0.15, -0.1) is 0 Å². The van der Waals surface area contributed by atoms with Gasteiger partial charge in [0.25, 0.3) is 5.91 Å². The number of carbonyl (C=O) groups excluding carboxylic acids is 1. The van der Waals surface area contributed by atoms with E-state index in [2.05, 4.69) is 0 Å². The molecule has 29 heavy (non-hydrogen) atoms. The summed E-state index contributed by atoms with van der Waals surface area (Å²) in [4.78, 5) is 13.5. The van der Waals surface area contributed by atoms with Gasteiger partial charge in [0.05, 0.1) is 15.5 Å². The fourth-order valence-corrected chi connectivity index (χ4v) is 4.83. The second kappa shape index (κ2) is 8.14. The van der Waals surface area contributed by atoms with Gasteiger partial charge in [0.2, 0.25) is 10.0 Å². The Morgan fingerprint density at radius 1 is 0.966 bits per heavy atom. The van der Waals surface area contributed by atoms with Crippen LogP contribution in [-0.4, -0.2) is 49.7 Å². The van der Waals surface area contributed by atoms with Gasteiger partial charge in [-0.3, -0.25) is 4.79 Å². The van der Waals surface area contributed by atoms with Gasteiger partial charge in [0.15, 0.2) is 0 Å². The number of carbonyl (C=O) groups is 1. The molecule has 5 nitrogen and oxygen atoms in total. The number of benzene rings is 2. The number of piperazine rings is 1. The molecular weight excluding hydrogens is 452 g/mol. The molecule has 0 bridgehead atoms. The Hall–Kier alpha value is -1.81. The van der Waals surface area contributed by atoms with Gasteiger partial charge in [-0.2, -0.15) is 17.5 Å². The fraction of sp³-hybridized carbons (Fsp3) is 0.278. The summed E-state index contributed by atoms with van der Waals surface area (Å²) < 4.78 is 65.7. The molecule has 2 aromatic rings. The van der Waals surface area contributed by atoms with E-state index in [1.54, 1.807) is 18.2 Å². The van der Waals surface area contributed by atoms with Crippen molar-refractivity contribution >= 4 is 39.1 Å². The lowest BCUT2D eigenvalue weighted by Crippen LogP contribution is -2.50. The summed E-state index contributed by atoms with van der Waals surface area (Å²) in [5.41, 5.74) is -0.837. The zero-order chi connectivity index (χ0) is 21.4. The molecule has 11 heteroatoms. The first-order valence-electron chi connectivity index (χ1n) is 8.42. The molecule has 1 amide bonds. The third kappa shape index (κ3) is 4.69. The number of nitrogens with zero attached hydrogens (tertiary/aromatic N) is 2. The summed E-state index contributed by atoms with van der Waals surface area (Å²) in [5.74, 6) is -0.296. The summed E-state index contributed by atoms with van der Waals surface area (Å²) >= 11 is 11.4. The predicted molar refractivity (Wildman–Crippen MR) is 103 cm³/mol. The Bertz CT molecular complexity index is 1040. The Balaban J connectivity index is 1.76. The molecule has 2 aromatic carbocycles. The maximum Gasteiger partial charge on any atom is 0.417 e. The summed E-state index contributed by atoms with van der Waals surface area (Å²) in [5, 5.41) is -0.173. The average molecular weight is 467 g/mol. The van der Waals surface area contributed by atoms with E-state index in [0.717, 1.165) is 16.4 Å².